The number of hydrazine groups is 1. The summed E-state index contributed by atoms with van der Waals surface area (Å²) in [5.74, 6) is 4.87. The lowest BCUT2D eigenvalue weighted by Crippen LogP contribution is -2.47. The number of carbonyl (C=O) groups excluding carboxylic acids is 1. The molecule has 0 fully saturated rings. The van der Waals surface area contributed by atoms with E-state index in [9.17, 15) is 4.79 Å². The molecule has 58 valence electrons. The highest BCUT2D eigenvalue weighted by molar-refractivity contribution is 5.86. The van der Waals surface area contributed by atoms with E-state index >= 15 is 0 Å². The first-order valence-electron chi connectivity index (χ1n) is 3.13. The third kappa shape index (κ3) is 3.21. The van der Waals surface area contributed by atoms with Crippen LogP contribution in [0.15, 0.2) is 12.7 Å². The fourth-order valence-electron chi connectivity index (χ4n) is 0.492. The molecule has 0 bridgehead atoms. The minimum Gasteiger partial charge on any atom is -0.336 e. The average Bonchev–Trinajstić information content (AvgIpc) is 1.99. The third-order valence-electron chi connectivity index (χ3n) is 1.11. The van der Waals surface area contributed by atoms with Gasteiger partial charge in [0.25, 0.3) is 0 Å². The van der Waals surface area contributed by atoms with Crippen LogP contribution in [0.4, 0.5) is 0 Å². The Morgan fingerprint density at radius 2 is 2.50 bits per heavy atom. The fraction of sp³-hybridized carbons (Fsp3) is 0.500. The molecule has 0 aromatic rings. The standard InChI is InChI=1S/C6H13N3O/c1-3-5(9-7)8-6(10)4-2/h4-5,9H,2-3,7H2,1H3,(H,8,10). The number of nitrogens with two attached hydrogens (primary N) is 1. The molecule has 0 saturated heterocycles. The van der Waals surface area contributed by atoms with Crippen LogP contribution >= 0.6 is 0 Å². The van der Waals surface area contributed by atoms with Gasteiger partial charge in [0.05, 0.1) is 6.17 Å². The summed E-state index contributed by atoms with van der Waals surface area (Å²) in [5.41, 5.74) is 2.44. The topological polar surface area (TPSA) is 67.2 Å². The number of rotatable bonds is 4. The van der Waals surface area contributed by atoms with Gasteiger partial charge in [-0.25, -0.2) is 5.43 Å². The zero-order valence-electron chi connectivity index (χ0n) is 6.05. The molecule has 0 spiro atoms. The Morgan fingerprint density at radius 1 is 1.90 bits per heavy atom. The lowest BCUT2D eigenvalue weighted by atomic mass is 10.4. The first-order chi connectivity index (χ1) is 4.74. The van der Waals surface area contributed by atoms with E-state index < -0.39 is 0 Å². The maximum atomic E-state index is 10.6. The second kappa shape index (κ2) is 4.96. The maximum Gasteiger partial charge on any atom is 0.244 e. The van der Waals surface area contributed by atoms with Crippen molar-refractivity contribution in [1.29, 1.82) is 0 Å². The minimum atomic E-state index is -0.218. The van der Waals surface area contributed by atoms with Gasteiger partial charge in [0.15, 0.2) is 0 Å². The molecule has 0 radical (unpaired) electrons. The lowest BCUT2D eigenvalue weighted by molar-refractivity contribution is -0.117. The van der Waals surface area contributed by atoms with Crippen molar-refractivity contribution < 1.29 is 4.79 Å². The predicted octanol–water partition coefficient (Wildman–Crippen LogP) is -0.512. The first kappa shape index (κ1) is 9.13. The Labute approximate surface area is 60.4 Å². The Balaban J connectivity index is 3.62. The summed E-state index contributed by atoms with van der Waals surface area (Å²) >= 11 is 0. The number of amides is 1. The lowest BCUT2D eigenvalue weighted by Gasteiger charge is -2.13. The number of hydrogen-bond acceptors (Lipinski definition) is 3. The van der Waals surface area contributed by atoms with Crippen LogP contribution in [-0.4, -0.2) is 12.1 Å². The molecule has 0 aliphatic carbocycles. The molecule has 0 aliphatic rings. The molecule has 0 heterocycles. The van der Waals surface area contributed by atoms with Crippen LogP contribution < -0.4 is 16.6 Å². The van der Waals surface area contributed by atoms with Crippen molar-refractivity contribution in [3.63, 3.8) is 0 Å². The van der Waals surface area contributed by atoms with Crippen molar-refractivity contribution in [1.82, 2.24) is 10.7 Å². The van der Waals surface area contributed by atoms with Crippen LogP contribution in [0, 0.1) is 0 Å². The largest absolute Gasteiger partial charge is 0.336 e. The molecule has 0 aromatic carbocycles. The van der Waals surface area contributed by atoms with Crippen LogP contribution in [0.5, 0.6) is 0 Å². The molecule has 10 heavy (non-hydrogen) atoms. The molecular formula is C6H13N3O. The van der Waals surface area contributed by atoms with Gasteiger partial charge in [0.2, 0.25) is 5.91 Å². The summed E-state index contributed by atoms with van der Waals surface area (Å²) in [4.78, 5) is 10.6. The van der Waals surface area contributed by atoms with E-state index in [0.717, 1.165) is 6.42 Å². The summed E-state index contributed by atoms with van der Waals surface area (Å²) in [5, 5.41) is 2.57. The second-order valence-corrected chi connectivity index (χ2v) is 1.84. The van der Waals surface area contributed by atoms with Gasteiger partial charge in [-0.1, -0.05) is 13.5 Å². The molecule has 0 rings (SSSR count). The molecule has 0 aliphatic heterocycles. The number of carbonyl (C=O) groups is 1. The van der Waals surface area contributed by atoms with E-state index in [-0.39, 0.29) is 12.1 Å². The molecule has 1 amide bonds. The van der Waals surface area contributed by atoms with Crippen molar-refractivity contribution in [2.24, 2.45) is 5.84 Å². The zero-order chi connectivity index (χ0) is 7.98. The Hall–Kier alpha value is -0.870. The Morgan fingerprint density at radius 3 is 2.80 bits per heavy atom. The molecule has 1 atom stereocenters. The number of nitrogens with one attached hydrogen (secondary N) is 2. The van der Waals surface area contributed by atoms with E-state index in [0.29, 0.717) is 0 Å². The van der Waals surface area contributed by atoms with E-state index in [4.69, 9.17) is 5.84 Å². The SMILES string of the molecule is C=CC(=O)NC(CC)NN. The van der Waals surface area contributed by atoms with Gasteiger partial charge < -0.3 is 5.32 Å². The van der Waals surface area contributed by atoms with E-state index in [1.165, 1.54) is 6.08 Å². The van der Waals surface area contributed by atoms with E-state index in [1.807, 2.05) is 6.92 Å². The predicted molar refractivity (Wildman–Crippen MR) is 39.7 cm³/mol. The number of hydrogen-bond donors (Lipinski definition) is 3. The van der Waals surface area contributed by atoms with Crippen LogP contribution in [-0.2, 0) is 4.79 Å². The average molecular weight is 143 g/mol. The molecule has 4 heteroatoms. The fourth-order valence-corrected chi connectivity index (χ4v) is 0.492. The van der Waals surface area contributed by atoms with Crippen LogP contribution in [0.1, 0.15) is 13.3 Å². The minimum absolute atomic E-state index is 0.162. The molecule has 0 aromatic heterocycles. The van der Waals surface area contributed by atoms with E-state index in [2.05, 4.69) is 17.3 Å². The van der Waals surface area contributed by atoms with Crippen molar-refractivity contribution >= 4 is 5.91 Å². The summed E-state index contributed by atoms with van der Waals surface area (Å²) in [6.45, 7) is 5.21. The van der Waals surface area contributed by atoms with Crippen LogP contribution in [0.2, 0.25) is 0 Å². The summed E-state index contributed by atoms with van der Waals surface area (Å²) < 4.78 is 0. The van der Waals surface area contributed by atoms with Gasteiger partial charge in [-0.15, -0.1) is 0 Å². The van der Waals surface area contributed by atoms with Gasteiger partial charge in [0, 0.05) is 0 Å². The molecule has 4 N–H and O–H groups in total. The van der Waals surface area contributed by atoms with Gasteiger partial charge in [-0.05, 0) is 12.5 Å². The Bertz CT molecular complexity index is 120. The normalized spacial score (nSPS) is 12.2. The maximum absolute atomic E-state index is 10.6. The highest BCUT2D eigenvalue weighted by Gasteiger charge is 2.02. The zero-order valence-corrected chi connectivity index (χ0v) is 6.05. The second-order valence-electron chi connectivity index (χ2n) is 1.84. The van der Waals surface area contributed by atoms with Crippen molar-refractivity contribution in [2.45, 2.75) is 19.5 Å². The van der Waals surface area contributed by atoms with Gasteiger partial charge in [0.1, 0.15) is 0 Å². The van der Waals surface area contributed by atoms with Crippen molar-refractivity contribution in [3.05, 3.63) is 12.7 Å². The van der Waals surface area contributed by atoms with Crippen molar-refractivity contribution in [3.8, 4) is 0 Å². The molecular weight excluding hydrogens is 130 g/mol. The first-order valence-corrected chi connectivity index (χ1v) is 3.13. The summed E-state index contributed by atoms with van der Waals surface area (Å²) in [6, 6.07) is 0. The smallest absolute Gasteiger partial charge is 0.244 e. The van der Waals surface area contributed by atoms with Gasteiger partial charge in [-0.3, -0.25) is 10.6 Å². The van der Waals surface area contributed by atoms with Crippen molar-refractivity contribution in [2.75, 3.05) is 0 Å². The molecule has 4 nitrogen and oxygen atoms in total. The van der Waals surface area contributed by atoms with Gasteiger partial charge >= 0.3 is 0 Å². The van der Waals surface area contributed by atoms with Crippen LogP contribution in [0.25, 0.3) is 0 Å². The van der Waals surface area contributed by atoms with E-state index in [1.54, 1.807) is 0 Å². The van der Waals surface area contributed by atoms with Gasteiger partial charge in [-0.2, -0.15) is 0 Å². The van der Waals surface area contributed by atoms with Crippen LogP contribution in [0.3, 0.4) is 0 Å². The Kier molecular flexibility index (Phi) is 4.53. The summed E-state index contributed by atoms with van der Waals surface area (Å²) in [7, 11) is 0. The summed E-state index contributed by atoms with van der Waals surface area (Å²) in [6.07, 6.45) is 1.79. The quantitative estimate of drug-likeness (QED) is 0.215. The monoisotopic (exact) mass is 143 g/mol. The third-order valence-corrected chi connectivity index (χ3v) is 1.11. The molecule has 1 unspecified atom stereocenters. The molecule has 0 saturated carbocycles. The highest BCUT2D eigenvalue weighted by atomic mass is 16.1. The highest BCUT2D eigenvalue weighted by Crippen LogP contribution is 1.82.